The van der Waals surface area contributed by atoms with Gasteiger partial charge in [-0.25, -0.2) is 0 Å². The van der Waals surface area contributed by atoms with E-state index in [-0.39, 0.29) is 5.91 Å². The monoisotopic (exact) mass is 303 g/mol. The van der Waals surface area contributed by atoms with E-state index in [1.165, 1.54) is 19.3 Å². The summed E-state index contributed by atoms with van der Waals surface area (Å²) in [6, 6.07) is -0.393. The summed E-state index contributed by atoms with van der Waals surface area (Å²) >= 11 is 0. The first-order valence-electron chi connectivity index (χ1n) is 8.47. The average molecular weight is 303 g/mol. The predicted octanol–water partition coefficient (Wildman–Crippen LogP) is 1.33. The zero-order chi connectivity index (χ0) is 15.2. The Labute approximate surface area is 130 Å². The van der Waals surface area contributed by atoms with Gasteiger partial charge in [0.2, 0.25) is 5.91 Å². The summed E-state index contributed by atoms with van der Waals surface area (Å²) in [4.78, 5) is 12.4. The summed E-state index contributed by atoms with van der Waals surface area (Å²) in [5.74, 6) is 0.688. The summed E-state index contributed by atoms with van der Waals surface area (Å²) in [6.45, 7) is 1.95. The second kappa shape index (κ2) is 5.35. The van der Waals surface area contributed by atoms with E-state index in [1.54, 1.807) is 6.20 Å². The first-order valence-corrected chi connectivity index (χ1v) is 8.47. The quantitative estimate of drug-likeness (QED) is 0.675. The third kappa shape index (κ3) is 2.34. The topological polar surface area (TPSA) is 95.8 Å². The molecule has 1 aliphatic heterocycles. The Bertz CT molecular complexity index is 551. The maximum absolute atomic E-state index is 12.4. The molecule has 2 aliphatic carbocycles. The second-order valence-corrected chi connectivity index (χ2v) is 7.42. The molecule has 120 valence electrons. The van der Waals surface area contributed by atoms with Gasteiger partial charge in [-0.1, -0.05) is 6.42 Å². The van der Waals surface area contributed by atoms with Crippen molar-refractivity contribution in [2.75, 3.05) is 18.4 Å². The smallest absolute Gasteiger partial charge is 0.241 e. The fourth-order valence-electron chi connectivity index (χ4n) is 4.43. The van der Waals surface area contributed by atoms with Crippen LogP contribution in [0.1, 0.15) is 50.1 Å². The Hall–Kier alpha value is -1.40. The van der Waals surface area contributed by atoms with Crippen LogP contribution in [0.4, 0.5) is 5.69 Å². The molecule has 1 spiro atoms. The third-order valence-electron chi connectivity index (χ3n) is 6.01. The SMILES string of the molecule is NC(C(=O)Nc1cn[nH]c1C1CCNC1)C1CC2(CCC2)C1. The molecule has 0 bridgehead atoms. The van der Waals surface area contributed by atoms with Crippen molar-refractivity contribution in [2.24, 2.45) is 17.1 Å². The van der Waals surface area contributed by atoms with Gasteiger partial charge < -0.3 is 16.4 Å². The molecular formula is C16H25N5O. The van der Waals surface area contributed by atoms with Crippen LogP contribution in [0.2, 0.25) is 0 Å². The number of aromatic amines is 1. The number of H-pyrrole nitrogens is 1. The van der Waals surface area contributed by atoms with E-state index in [9.17, 15) is 4.79 Å². The molecule has 0 aromatic carbocycles. The molecule has 3 aliphatic rings. The van der Waals surface area contributed by atoms with E-state index in [2.05, 4.69) is 20.8 Å². The number of hydrogen-bond acceptors (Lipinski definition) is 4. The molecule has 6 nitrogen and oxygen atoms in total. The molecule has 2 heterocycles. The normalized spacial score (nSPS) is 28.1. The number of nitrogens with one attached hydrogen (secondary N) is 3. The van der Waals surface area contributed by atoms with Crippen LogP contribution in [0.15, 0.2) is 6.20 Å². The Balaban J connectivity index is 1.36. The van der Waals surface area contributed by atoms with Crippen molar-refractivity contribution in [1.29, 1.82) is 0 Å². The Morgan fingerprint density at radius 2 is 2.27 bits per heavy atom. The van der Waals surface area contributed by atoms with Crippen molar-refractivity contribution in [3.8, 4) is 0 Å². The van der Waals surface area contributed by atoms with Crippen LogP contribution < -0.4 is 16.4 Å². The van der Waals surface area contributed by atoms with Gasteiger partial charge in [0.05, 0.1) is 23.6 Å². The molecule has 3 fully saturated rings. The number of rotatable bonds is 4. The number of amides is 1. The van der Waals surface area contributed by atoms with E-state index >= 15 is 0 Å². The molecule has 2 saturated carbocycles. The van der Waals surface area contributed by atoms with Crippen LogP contribution >= 0.6 is 0 Å². The van der Waals surface area contributed by atoms with Gasteiger partial charge in [-0.15, -0.1) is 0 Å². The number of carbonyl (C=O) groups is 1. The van der Waals surface area contributed by atoms with Crippen LogP contribution in [0.3, 0.4) is 0 Å². The van der Waals surface area contributed by atoms with Crippen molar-refractivity contribution >= 4 is 11.6 Å². The van der Waals surface area contributed by atoms with Gasteiger partial charge in [0.1, 0.15) is 0 Å². The summed E-state index contributed by atoms with van der Waals surface area (Å²) in [5.41, 5.74) is 8.56. The first kappa shape index (κ1) is 14.2. The Kier molecular flexibility index (Phi) is 3.46. The number of hydrogen-bond donors (Lipinski definition) is 4. The van der Waals surface area contributed by atoms with Crippen molar-refractivity contribution in [3.63, 3.8) is 0 Å². The Morgan fingerprint density at radius 1 is 1.45 bits per heavy atom. The minimum Gasteiger partial charge on any atom is -0.322 e. The predicted molar refractivity (Wildman–Crippen MR) is 84.4 cm³/mol. The van der Waals surface area contributed by atoms with Gasteiger partial charge in [0.25, 0.3) is 0 Å². The highest BCUT2D eigenvalue weighted by molar-refractivity contribution is 5.95. The number of aromatic nitrogens is 2. The zero-order valence-electron chi connectivity index (χ0n) is 12.9. The molecule has 2 unspecified atom stereocenters. The molecule has 6 heteroatoms. The molecule has 1 aromatic heterocycles. The standard InChI is InChI=1S/C16H25N5O/c17-13(11-6-16(7-11)3-1-4-16)15(22)20-12-9-19-21-14(12)10-2-5-18-8-10/h9-11,13,18H,1-8,17H2,(H,19,21)(H,20,22). The van der Waals surface area contributed by atoms with E-state index in [4.69, 9.17) is 5.73 Å². The van der Waals surface area contributed by atoms with E-state index in [0.717, 1.165) is 43.7 Å². The summed E-state index contributed by atoms with van der Waals surface area (Å²) in [5, 5.41) is 13.5. The fraction of sp³-hybridized carbons (Fsp3) is 0.750. The van der Waals surface area contributed by atoms with E-state index < -0.39 is 6.04 Å². The number of nitrogens with zero attached hydrogens (tertiary/aromatic N) is 1. The summed E-state index contributed by atoms with van der Waals surface area (Å²) in [7, 11) is 0. The highest BCUT2D eigenvalue weighted by Gasteiger charge is 2.50. The molecule has 5 N–H and O–H groups in total. The van der Waals surface area contributed by atoms with E-state index in [0.29, 0.717) is 17.3 Å². The molecule has 4 rings (SSSR count). The van der Waals surface area contributed by atoms with Crippen molar-refractivity contribution in [3.05, 3.63) is 11.9 Å². The summed E-state index contributed by atoms with van der Waals surface area (Å²) in [6.07, 6.45) is 9.05. The van der Waals surface area contributed by atoms with Gasteiger partial charge in [0, 0.05) is 12.5 Å². The Morgan fingerprint density at radius 3 is 2.91 bits per heavy atom. The molecule has 2 atom stereocenters. The lowest BCUT2D eigenvalue weighted by Crippen LogP contribution is -2.53. The van der Waals surface area contributed by atoms with Crippen LogP contribution in [-0.4, -0.2) is 35.2 Å². The van der Waals surface area contributed by atoms with Gasteiger partial charge in [-0.05, 0) is 50.0 Å². The van der Waals surface area contributed by atoms with Crippen LogP contribution in [-0.2, 0) is 4.79 Å². The lowest BCUT2D eigenvalue weighted by Gasteiger charge is -2.55. The lowest BCUT2D eigenvalue weighted by molar-refractivity contribution is -0.122. The maximum Gasteiger partial charge on any atom is 0.241 e. The molecule has 0 radical (unpaired) electrons. The number of carbonyl (C=O) groups excluding carboxylic acids is 1. The summed E-state index contributed by atoms with van der Waals surface area (Å²) < 4.78 is 0. The minimum atomic E-state index is -0.393. The van der Waals surface area contributed by atoms with Gasteiger partial charge >= 0.3 is 0 Å². The highest BCUT2D eigenvalue weighted by Crippen LogP contribution is 2.59. The van der Waals surface area contributed by atoms with E-state index in [1.807, 2.05) is 0 Å². The minimum absolute atomic E-state index is 0.0622. The van der Waals surface area contributed by atoms with Crippen LogP contribution in [0.5, 0.6) is 0 Å². The number of anilines is 1. The van der Waals surface area contributed by atoms with Crippen LogP contribution in [0, 0.1) is 11.3 Å². The van der Waals surface area contributed by atoms with Gasteiger partial charge in [-0.3, -0.25) is 9.89 Å². The average Bonchev–Trinajstić information content (AvgIpc) is 3.04. The number of nitrogens with two attached hydrogens (primary N) is 1. The van der Waals surface area contributed by atoms with Crippen LogP contribution in [0.25, 0.3) is 0 Å². The molecule has 1 saturated heterocycles. The zero-order valence-corrected chi connectivity index (χ0v) is 12.9. The third-order valence-corrected chi connectivity index (χ3v) is 6.01. The molecular weight excluding hydrogens is 278 g/mol. The molecule has 1 aromatic rings. The maximum atomic E-state index is 12.4. The van der Waals surface area contributed by atoms with Gasteiger partial charge in [-0.2, -0.15) is 5.10 Å². The largest absolute Gasteiger partial charge is 0.322 e. The lowest BCUT2D eigenvalue weighted by atomic mass is 9.50. The molecule has 1 amide bonds. The molecule has 22 heavy (non-hydrogen) atoms. The van der Waals surface area contributed by atoms with Crippen molar-refractivity contribution in [2.45, 2.75) is 50.5 Å². The van der Waals surface area contributed by atoms with Crippen molar-refractivity contribution in [1.82, 2.24) is 15.5 Å². The van der Waals surface area contributed by atoms with Gasteiger partial charge in [0.15, 0.2) is 0 Å². The first-order chi connectivity index (χ1) is 10.7. The highest BCUT2D eigenvalue weighted by atomic mass is 16.2. The fourth-order valence-corrected chi connectivity index (χ4v) is 4.43. The second-order valence-electron chi connectivity index (χ2n) is 7.42. The van der Waals surface area contributed by atoms with Crippen molar-refractivity contribution < 1.29 is 4.79 Å².